The van der Waals surface area contributed by atoms with Crippen LogP contribution in [0.1, 0.15) is 33.1 Å². The predicted octanol–water partition coefficient (Wildman–Crippen LogP) is 0.653. The monoisotopic (exact) mass is 170 g/mol. The summed E-state index contributed by atoms with van der Waals surface area (Å²) in [4.78, 5) is 11.3. The van der Waals surface area contributed by atoms with E-state index in [2.05, 4.69) is 10.6 Å². The minimum atomic E-state index is 0.171. The molecule has 1 aliphatic rings. The average molecular weight is 170 g/mol. The van der Waals surface area contributed by atoms with Crippen molar-refractivity contribution in [1.29, 1.82) is 0 Å². The van der Waals surface area contributed by atoms with Gasteiger partial charge in [0.1, 0.15) is 0 Å². The molecular formula is C9H18N2O. The third-order valence-electron chi connectivity index (χ3n) is 2.04. The summed E-state index contributed by atoms with van der Waals surface area (Å²) < 4.78 is 0. The molecular weight excluding hydrogens is 152 g/mol. The fourth-order valence-electron chi connectivity index (χ4n) is 1.54. The zero-order valence-electron chi connectivity index (χ0n) is 7.89. The Morgan fingerprint density at radius 3 is 2.92 bits per heavy atom. The second-order valence-corrected chi connectivity index (χ2v) is 3.72. The highest BCUT2D eigenvalue weighted by molar-refractivity contribution is 5.76. The zero-order chi connectivity index (χ0) is 8.97. The van der Waals surface area contributed by atoms with E-state index < -0.39 is 0 Å². The average Bonchev–Trinajstić information content (AvgIpc) is 2.37. The Balaban J connectivity index is 2.16. The summed E-state index contributed by atoms with van der Waals surface area (Å²) in [6.45, 7) is 5.04. The standard InChI is InChI=1S/C9H18N2O/c1-7(2)11-9(12)6-8-4-3-5-10-8/h7-8,10H,3-6H2,1-2H3,(H,11,12)/t8-/m0/s1. The van der Waals surface area contributed by atoms with Crippen LogP contribution in [0, 0.1) is 0 Å². The number of nitrogens with one attached hydrogen (secondary N) is 2. The molecule has 2 N–H and O–H groups in total. The lowest BCUT2D eigenvalue weighted by molar-refractivity contribution is -0.122. The Bertz CT molecular complexity index is 151. The molecule has 12 heavy (non-hydrogen) atoms. The van der Waals surface area contributed by atoms with E-state index >= 15 is 0 Å². The van der Waals surface area contributed by atoms with Gasteiger partial charge < -0.3 is 10.6 Å². The summed E-state index contributed by atoms with van der Waals surface area (Å²) in [6, 6.07) is 0.683. The van der Waals surface area contributed by atoms with E-state index in [9.17, 15) is 4.79 Å². The smallest absolute Gasteiger partial charge is 0.221 e. The van der Waals surface area contributed by atoms with Crippen LogP contribution in [0.5, 0.6) is 0 Å². The van der Waals surface area contributed by atoms with Crippen molar-refractivity contribution in [2.45, 2.75) is 45.2 Å². The van der Waals surface area contributed by atoms with Gasteiger partial charge in [-0.3, -0.25) is 4.79 Å². The second-order valence-electron chi connectivity index (χ2n) is 3.72. The van der Waals surface area contributed by atoms with Crippen molar-refractivity contribution in [3.8, 4) is 0 Å². The number of carbonyl (C=O) groups excluding carboxylic acids is 1. The summed E-state index contributed by atoms with van der Waals surface area (Å²) >= 11 is 0. The molecule has 1 heterocycles. The maximum Gasteiger partial charge on any atom is 0.221 e. The lowest BCUT2D eigenvalue weighted by Gasteiger charge is -2.12. The summed E-state index contributed by atoms with van der Waals surface area (Å²) in [5.74, 6) is 0.171. The van der Waals surface area contributed by atoms with Crippen LogP contribution in [0.4, 0.5) is 0 Å². The van der Waals surface area contributed by atoms with Gasteiger partial charge in [0.05, 0.1) is 0 Å². The van der Waals surface area contributed by atoms with Gasteiger partial charge in [0.15, 0.2) is 0 Å². The lowest BCUT2D eigenvalue weighted by Crippen LogP contribution is -2.35. The molecule has 1 fully saturated rings. The van der Waals surface area contributed by atoms with Crippen LogP contribution in [-0.2, 0) is 4.79 Å². The first-order valence-electron chi connectivity index (χ1n) is 4.71. The van der Waals surface area contributed by atoms with Crippen molar-refractivity contribution < 1.29 is 4.79 Å². The molecule has 0 unspecified atom stereocenters. The molecule has 0 radical (unpaired) electrons. The van der Waals surface area contributed by atoms with E-state index in [1.54, 1.807) is 0 Å². The molecule has 1 rings (SSSR count). The fraction of sp³-hybridized carbons (Fsp3) is 0.889. The first kappa shape index (κ1) is 9.52. The summed E-state index contributed by atoms with van der Waals surface area (Å²) in [7, 11) is 0. The number of rotatable bonds is 3. The van der Waals surface area contributed by atoms with E-state index in [4.69, 9.17) is 0 Å². The third-order valence-corrected chi connectivity index (χ3v) is 2.04. The van der Waals surface area contributed by atoms with Crippen molar-refractivity contribution in [2.24, 2.45) is 0 Å². The van der Waals surface area contributed by atoms with E-state index in [1.165, 1.54) is 6.42 Å². The van der Waals surface area contributed by atoms with Crippen LogP contribution < -0.4 is 10.6 Å². The van der Waals surface area contributed by atoms with Crippen LogP contribution in [0.15, 0.2) is 0 Å². The van der Waals surface area contributed by atoms with E-state index in [0.29, 0.717) is 12.5 Å². The SMILES string of the molecule is CC(C)NC(=O)C[C@@H]1CCCN1. The van der Waals surface area contributed by atoms with Crippen LogP contribution in [0.3, 0.4) is 0 Å². The summed E-state index contributed by atoms with van der Waals surface area (Å²) in [6.07, 6.45) is 2.99. The van der Waals surface area contributed by atoms with Gasteiger partial charge >= 0.3 is 0 Å². The molecule has 70 valence electrons. The number of carbonyl (C=O) groups is 1. The molecule has 0 aromatic heterocycles. The maximum absolute atomic E-state index is 11.3. The normalized spacial score (nSPS) is 23.1. The van der Waals surface area contributed by atoms with Crippen molar-refractivity contribution in [3.05, 3.63) is 0 Å². The Hall–Kier alpha value is -0.570. The Morgan fingerprint density at radius 1 is 1.67 bits per heavy atom. The topological polar surface area (TPSA) is 41.1 Å². The van der Waals surface area contributed by atoms with Crippen LogP contribution in [0.25, 0.3) is 0 Å². The van der Waals surface area contributed by atoms with Gasteiger partial charge in [-0.25, -0.2) is 0 Å². The minimum absolute atomic E-state index is 0.171. The van der Waals surface area contributed by atoms with Gasteiger partial charge in [-0.15, -0.1) is 0 Å². The van der Waals surface area contributed by atoms with Gasteiger partial charge in [-0.1, -0.05) is 0 Å². The van der Waals surface area contributed by atoms with Gasteiger partial charge in [-0.2, -0.15) is 0 Å². The van der Waals surface area contributed by atoms with Gasteiger partial charge in [0, 0.05) is 18.5 Å². The van der Waals surface area contributed by atoms with Crippen molar-refractivity contribution in [3.63, 3.8) is 0 Å². The minimum Gasteiger partial charge on any atom is -0.354 e. The molecule has 0 aliphatic carbocycles. The first-order chi connectivity index (χ1) is 5.68. The third kappa shape index (κ3) is 3.22. The number of hydrogen-bond donors (Lipinski definition) is 2. The first-order valence-corrected chi connectivity index (χ1v) is 4.71. The largest absolute Gasteiger partial charge is 0.354 e. The molecule has 1 saturated heterocycles. The molecule has 0 bridgehead atoms. The van der Waals surface area contributed by atoms with Crippen molar-refractivity contribution in [2.75, 3.05) is 6.54 Å². The molecule has 0 aromatic rings. The fourth-order valence-corrected chi connectivity index (χ4v) is 1.54. The number of amides is 1. The predicted molar refractivity (Wildman–Crippen MR) is 48.9 cm³/mol. The van der Waals surface area contributed by atoms with E-state index in [-0.39, 0.29) is 11.9 Å². The van der Waals surface area contributed by atoms with Gasteiger partial charge in [0.2, 0.25) is 5.91 Å². The molecule has 3 heteroatoms. The van der Waals surface area contributed by atoms with E-state index in [0.717, 1.165) is 13.0 Å². The second kappa shape index (κ2) is 4.45. The van der Waals surface area contributed by atoms with E-state index in [1.807, 2.05) is 13.8 Å². The van der Waals surface area contributed by atoms with Crippen LogP contribution >= 0.6 is 0 Å². The quantitative estimate of drug-likeness (QED) is 0.653. The molecule has 0 aromatic carbocycles. The summed E-state index contributed by atoms with van der Waals surface area (Å²) in [5.41, 5.74) is 0. The van der Waals surface area contributed by atoms with Crippen LogP contribution in [-0.4, -0.2) is 24.5 Å². The molecule has 1 aliphatic heterocycles. The summed E-state index contributed by atoms with van der Waals surface area (Å²) in [5, 5.41) is 6.19. The Kier molecular flexibility index (Phi) is 3.53. The molecule has 1 amide bonds. The molecule has 1 atom stereocenters. The molecule has 0 saturated carbocycles. The Morgan fingerprint density at radius 2 is 2.42 bits per heavy atom. The van der Waals surface area contributed by atoms with Crippen molar-refractivity contribution >= 4 is 5.91 Å². The number of hydrogen-bond acceptors (Lipinski definition) is 2. The Labute approximate surface area is 73.9 Å². The van der Waals surface area contributed by atoms with Crippen molar-refractivity contribution in [1.82, 2.24) is 10.6 Å². The lowest BCUT2D eigenvalue weighted by atomic mass is 10.1. The zero-order valence-corrected chi connectivity index (χ0v) is 7.89. The highest BCUT2D eigenvalue weighted by atomic mass is 16.1. The maximum atomic E-state index is 11.3. The molecule has 3 nitrogen and oxygen atoms in total. The van der Waals surface area contributed by atoms with Gasteiger partial charge in [0.25, 0.3) is 0 Å². The highest BCUT2D eigenvalue weighted by Gasteiger charge is 2.17. The highest BCUT2D eigenvalue weighted by Crippen LogP contribution is 2.08. The molecule has 0 spiro atoms. The van der Waals surface area contributed by atoms with Crippen LogP contribution in [0.2, 0.25) is 0 Å². The van der Waals surface area contributed by atoms with Gasteiger partial charge in [-0.05, 0) is 33.2 Å².